The lowest BCUT2D eigenvalue weighted by atomic mass is 9.92. The van der Waals surface area contributed by atoms with Gasteiger partial charge in [0.05, 0.1) is 6.61 Å². The van der Waals surface area contributed by atoms with Gasteiger partial charge in [0, 0.05) is 19.0 Å². The molecule has 0 aromatic heterocycles. The average molecular weight is 245 g/mol. The highest BCUT2D eigenvalue weighted by Gasteiger charge is 2.30. The number of nitrogens with one attached hydrogen (secondary N) is 1. The number of hydrogen-bond donors (Lipinski definition) is 1. The molecule has 1 atom stereocenters. The largest absolute Gasteiger partial charge is 0.493 e. The van der Waals surface area contributed by atoms with Gasteiger partial charge in [-0.15, -0.1) is 0 Å². The summed E-state index contributed by atoms with van der Waals surface area (Å²) in [6.45, 7) is 6.60. The van der Waals surface area contributed by atoms with Crippen LogP contribution in [0.5, 0.6) is 5.75 Å². The molecular formula is C16H23NO. The molecule has 2 nitrogen and oxygen atoms in total. The second kappa shape index (κ2) is 4.58. The predicted octanol–water partition coefficient (Wildman–Crippen LogP) is 3.29. The average Bonchev–Trinajstić information content (AvgIpc) is 2.92. The molecule has 0 amide bonds. The summed E-state index contributed by atoms with van der Waals surface area (Å²) in [4.78, 5) is 0. The van der Waals surface area contributed by atoms with Gasteiger partial charge in [0.15, 0.2) is 0 Å². The molecule has 1 aliphatic carbocycles. The van der Waals surface area contributed by atoms with Gasteiger partial charge in [-0.05, 0) is 41.9 Å². The second-order valence-electron chi connectivity index (χ2n) is 6.53. The quantitative estimate of drug-likeness (QED) is 0.882. The van der Waals surface area contributed by atoms with Gasteiger partial charge in [-0.1, -0.05) is 26.0 Å². The summed E-state index contributed by atoms with van der Waals surface area (Å²) in [5.74, 6) is 1.08. The van der Waals surface area contributed by atoms with Gasteiger partial charge < -0.3 is 10.1 Å². The highest BCUT2D eigenvalue weighted by atomic mass is 16.5. The van der Waals surface area contributed by atoms with E-state index in [0.29, 0.717) is 11.5 Å². The molecule has 0 radical (unpaired) electrons. The molecule has 3 rings (SSSR count). The normalized spacial score (nSPS) is 24.9. The molecule has 1 aliphatic heterocycles. The first-order valence-corrected chi connectivity index (χ1v) is 7.10. The van der Waals surface area contributed by atoms with Crippen LogP contribution in [0, 0.1) is 5.41 Å². The fourth-order valence-electron chi connectivity index (χ4n) is 3.22. The Bertz CT molecular complexity index is 439. The van der Waals surface area contributed by atoms with Crippen molar-refractivity contribution in [3.8, 4) is 5.75 Å². The Kier molecular flexibility index (Phi) is 3.06. The van der Waals surface area contributed by atoms with Crippen molar-refractivity contribution in [3.05, 3.63) is 29.3 Å². The first-order chi connectivity index (χ1) is 8.62. The maximum atomic E-state index is 5.54. The third kappa shape index (κ3) is 2.54. The number of benzene rings is 1. The van der Waals surface area contributed by atoms with Gasteiger partial charge >= 0.3 is 0 Å². The van der Waals surface area contributed by atoms with Gasteiger partial charge in [0.1, 0.15) is 5.75 Å². The van der Waals surface area contributed by atoms with Gasteiger partial charge in [-0.2, -0.15) is 0 Å². The lowest BCUT2D eigenvalue weighted by molar-refractivity contribution is 0.356. The van der Waals surface area contributed by atoms with E-state index in [0.717, 1.165) is 25.3 Å². The van der Waals surface area contributed by atoms with Gasteiger partial charge in [-0.25, -0.2) is 0 Å². The van der Waals surface area contributed by atoms with Crippen LogP contribution in [0.25, 0.3) is 0 Å². The van der Waals surface area contributed by atoms with Gasteiger partial charge in [0.25, 0.3) is 0 Å². The molecule has 0 spiro atoms. The molecule has 2 aliphatic rings. The summed E-state index contributed by atoms with van der Waals surface area (Å²) in [5, 5.41) is 3.70. The van der Waals surface area contributed by atoms with E-state index in [2.05, 4.69) is 37.4 Å². The molecule has 1 aromatic rings. The molecule has 1 aromatic carbocycles. The van der Waals surface area contributed by atoms with Crippen molar-refractivity contribution in [3.63, 3.8) is 0 Å². The molecule has 1 N–H and O–H groups in total. The number of rotatable bonds is 3. The minimum atomic E-state index is 0.531. The fraction of sp³-hybridized carbons (Fsp3) is 0.625. The minimum Gasteiger partial charge on any atom is -0.493 e. The van der Waals surface area contributed by atoms with Crippen LogP contribution in [-0.2, 0) is 13.0 Å². The SMILES string of the molecule is CC1(C)CCC(NCc2ccc3c(c2)CCO3)C1. The Balaban J connectivity index is 1.57. The van der Waals surface area contributed by atoms with E-state index in [4.69, 9.17) is 4.74 Å². The number of hydrogen-bond acceptors (Lipinski definition) is 2. The summed E-state index contributed by atoms with van der Waals surface area (Å²) in [5.41, 5.74) is 3.30. The van der Waals surface area contributed by atoms with Crippen LogP contribution in [0.2, 0.25) is 0 Å². The van der Waals surface area contributed by atoms with Crippen molar-refractivity contribution >= 4 is 0 Å². The zero-order valence-electron chi connectivity index (χ0n) is 11.5. The van der Waals surface area contributed by atoms with Crippen molar-refractivity contribution in [1.82, 2.24) is 5.32 Å². The van der Waals surface area contributed by atoms with Crippen LogP contribution in [0.15, 0.2) is 18.2 Å². The van der Waals surface area contributed by atoms with E-state index in [-0.39, 0.29) is 0 Å². The monoisotopic (exact) mass is 245 g/mol. The van der Waals surface area contributed by atoms with Gasteiger partial charge in [-0.3, -0.25) is 0 Å². The molecule has 0 bridgehead atoms. The maximum Gasteiger partial charge on any atom is 0.122 e. The summed E-state index contributed by atoms with van der Waals surface area (Å²) < 4.78 is 5.54. The molecule has 2 heteroatoms. The van der Waals surface area contributed by atoms with Crippen LogP contribution >= 0.6 is 0 Å². The highest BCUT2D eigenvalue weighted by Crippen LogP contribution is 2.37. The van der Waals surface area contributed by atoms with Crippen LogP contribution in [0.1, 0.15) is 44.2 Å². The standard InChI is InChI=1S/C16H23NO/c1-16(2)7-5-14(10-16)17-11-12-3-4-15-13(9-12)6-8-18-15/h3-4,9,14,17H,5-8,10-11H2,1-2H3. The van der Waals surface area contributed by atoms with Crippen molar-refractivity contribution in [2.24, 2.45) is 5.41 Å². The Labute approximate surface area is 110 Å². The summed E-state index contributed by atoms with van der Waals surface area (Å²) >= 11 is 0. The Morgan fingerprint density at radius 3 is 3.06 bits per heavy atom. The van der Waals surface area contributed by atoms with E-state index in [1.165, 1.54) is 30.4 Å². The van der Waals surface area contributed by atoms with Crippen molar-refractivity contribution < 1.29 is 4.74 Å². The number of fused-ring (bicyclic) bond motifs is 1. The second-order valence-corrected chi connectivity index (χ2v) is 6.53. The molecular weight excluding hydrogens is 222 g/mol. The van der Waals surface area contributed by atoms with E-state index < -0.39 is 0 Å². The lowest BCUT2D eigenvalue weighted by Gasteiger charge is -2.18. The molecule has 98 valence electrons. The van der Waals surface area contributed by atoms with Crippen molar-refractivity contribution in [1.29, 1.82) is 0 Å². The Morgan fingerprint density at radius 1 is 1.39 bits per heavy atom. The molecule has 1 heterocycles. The highest BCUT2D eigenvalue weighted by molar-refractivity contribution is 5.39. The van der Waals surface area contributed by atoms with Crippen LogP contribution in [-0.4, -0.2) is 12.6 Å². The van der Waals surface area contributed by atoms with E-state index in [9.17, 15) is 0 Å². The van der Waals surface area contributed by atoms with Crippen LogP contribution in [0.4, 0.5) is 0 Å². The molecule has 1 fully saturated rings. The van der Waals surface area contributed by atoms with Crippen LogP contribution < -0.4 is 10.1 Å². The minimum absolute atomic E-state index is 0.531. The Morgan fingerprint density at radius 2 is 2.28 bits per heavy atom. The smallest absolute Gasteiger partial charge is 0.122 e. The predicted molar refractivity (Wildman–Crippen MR) is 73.9 cm³/mol. The molecule has 1 saturated carbocycles. The van der Waals surface area contributed by atoms with E-state index in [1.807, 2.05) is 0 Å². The van der Waals surface area contributed by atoms with Gasteiger partial charge in [0.2, 0.25) is 0 Å². The molecule has 0 saturated heterocycles. The third-order valence-electron chi connectivity index (χ3n) is 4.32. The fourth-order valence-corrected chi connectivity index (χ4v) is 3.22. The zero-order chi connectivity index (χ0) is 12.6. The lowest BCUT2D eigenvalue weighted by Crippen LogP contribution is -2.26. The maximum absolute atomic E-state index is 5.54. The topological polar surface area (TPSA) is 21.3 Å². The van der Waals surface area contributed by atoms with E-state index >= 15 is 0 Å². The zero-order valence-corrected chi connectivity index (χ0v) is 11.5. The first kappa shape index (κ1) is 12.0. The van der Waals surface area contributed by atoms with Crippen molar-refractivity contribution in [2.75, 3.05) is 6.61 Å². The summed E-state index contributed by atoms with van der Waals surface area (Å²) in [6, 6.07) is 7.31. The van der Waals surface area contributed by atoms with Crippen molar-refractivity contribution in [2.45, 2.75) is 52.1 Å². The Hall–Kier alpha value is -1.02. The summed E-state index contributed by atoms with van der Waals surface area (Å²) in [7, 11) is 0. The van der Waals surface area contributed by atoms with E-state index in [1.54, 1.807) is 0 Å². The first-order valence-electron chi connectivity index (χ1n) is 7.10. The number of ether oxygens (including phenoxy) is 1. The summed E-state index contributed by atoms with van der Waals surface area (Å²) in [6.07, 6.45) is 5.05. The molecule has 18 heavy (non-hydrogen) atoms. The molecule has 1 unspecified atom stereocenters. The van der Waals surface area contributed by atoms with Crippen LogP contribution in [0.3, 0.4) is 0 Å². The third-order valence-corrected chi connectivity index (χ3v) is 4.32.